The highest BCUT2D eigenvalue weighted by Gasteiger charge is 2.31. The number of hydrogen-bond donors (Lipinski definition) is 3. The fraction of sp³-hybridized carbons (Fsp3) is 0.562. The van der Waals surface area contributed by atoms with Crippen LogP contribution in [-0.2, 0) is 11.3 Å². The maximum absolute atomic E-state index is 11.8. The molecule has 5 heteroatoms. The van der Waals surface area contributed by atoms with Gasteiger partial charge in [0.2, 0.25) is 0 Å². The van der Waals surface area contributed by atoms with E-state index in [0.717, 1.165) is 36.9 Å². The number of amides is 2. The lowest BCUT2D eigenvalue weighted by molar-refractivity contribution is 0.0506. The second-order valence-electron chi connectivity index (χ2n) is 5.57. The molecule has 0 aliphatic heterocycles. The van der Waals surface area contributed by atoms with Crippen LogP contribution < -0.4 is 10.6 Å². The van der Waals surface area contributed by atoms with Crippen molar-refractivity contribution in [1.29, 1.82) is 0 Å². The minimum Gasteiger partial charge on any atom is -0.388 e. The van der Waals surface area contributed by atoms with E-state index in [9.17, 15) is 9.90 Å². The summed E-state index contributed by atoms with van der Waals surface area (Å²) in [5.74, 6) is 0. The van der Waals surface area contributed by atoms with Crippen molar-refractivity contribution in [2.24, 2.45) is 0 Å². The lowest BCUT2D eigenvalue weighted by atomic mass is 10.0. The molecule has 2 amide bonds. The molecule has 0 saturated heterocycles. The number of anilines is 1. The zero-order valence-electron chi connectivity index (χ0n) is 12.5. The molecular weight excluding hydrogens is 268 g/mol. The summed E-state index contributed by atoms with van der Waals surface area (Å²) in [6.45, 7) is 3.53. The highest BCUT2D eigenvalue weighted by atomic mass is 16.5. The molecular formula is C16H24N2O3. The first-order valence-electron chi connectivity index (χ1n) is 7.55. The molecule has 0 unspecified atom stereocenters. The Morgan fingerprint density at radius 2 is 1.95 bits per heavy atom. The molecule has 1 aliphatic rings. The van der Waals surface area contributed by atoms with Crippen LogP contribution in [0.5, 0.6) is 0 Å². The molecule has 0 spiro atoms. The smallest absolute Gasteiger partial charge is 0.319 e. The summed E-state index contributed by atoms with van der Waals surface area (Å²) >= 11 is 0. The molecule has 5 nitrogen and oxygen atoms in total. The Hall–Kier alpha value is -1.59. The van der Waals surface area contributed by atoms with Crippen molar-refractivity contribution in [1.82, 2.24) is 5.32 Å². The van der Waals surface area contributed by atoms with Crippen LogP contribution in [0.3, 0.4) is 0 Å². The lowest BCUT2D eigenvalue weighted by Gasteiger charge is -2.22. The lowest BCUT2D eigenvalue weighted by Crippen LogP contribution is -2.42. The summed E-state index contributed by atoms with van der Waals surface area (Å²) in [7, 11) is 0. The van der Waals surface area contributed by atoms with Gasteiger partial charge in [-0.3, -0.25) is 0 Å². The Kier molecular flexibility index (Phi) is 5.59. The zero-order valence-corrected chi connectivity index (χ0v) is 12.5. The maximum Gasteiger partial charge on any atom is 0.319 e. The average Bonchev–Trinajstić information content (AvgIpc) is 2.92. The summed E-state index contributed by atoms with van der Waals surface area (Å²) in [5, 5.41) is 15.7. The summed E-state index contributed by atoms with van der Waals surface area (Å²) in [5.41, 5.74) is 1.08. The number of ether oxygens (including phenoxy) is 1. The Morgan fingerprint density at radius 1 is 1.29 bits per heavy atom. The SMILES string of the molecule is CCOCc1ccc(NC(=O)NCC2(O)CCCC2)cc1. The van der Waals surface area contributed by atoms with Crippen LogP contribution in [0.2, 0.25) is 0 Å². The summed E-state index contributed by atoms with van der Waals surface area (Å²) < 4.78 is 5.32. The van der Waals surface area contributed by atoms with E-state index in [2.05, 4.69) is 10.6 Å². The largest absolute Gasteiger partial charge is 0.388 e. The van der Waals surface area contributed by atoms with Gasteiger partial charge < -0.3 is 20.5 Å². The van der Waals surface area contributed by atoms with Crippen molar-refractivity contribution in [3.05, 3.63) is 29.8 Å². The van der Waals surface area contributed by atoms with Gasteiger partial charge in [-0.05, 0) is 37.5 Å². The predicted molar refractivity (Wildman–Crippen MR) is 82.2 cm³/mol. The van der Waals surface area contributed by atoms with Crippen LogP contribution in [-0.4, -0.2) is 29.9 Å². The minimum atomic E-state index is -0.724. The molecule has 116 valence electrons. The molecule has 0 aromatic heterocycles. The maximum atomic E-state index is 11.8. The quantitative estimate of drug-likeness (QED) is 0.755. The van der Waals surface area contributed by atoms with Crippen molar-refractivity contribution in [3.8, 4) is 0 Å². The van der Waals surface area contributed by atoms with E-state index < -0.39 is 5.60 Å². The second-order valence-corrected chi connectivity index (χ2v) is 5.57. The first kappa shape index (κ1) is 15.8. The van der Waals surface area contributed by atoms with Gasteiger partial charge >= 0.3 is 6.03 Å². The number of nitrogens with one attached hydrogen (secondary N) is 2. The van der Waals surface area contributed by atoms with Crippen molar-refractivity contribution >= 4 is 11.7 Å². The van der Waals surface area contributed by atoms with Crippen molar-refractivity contribution in [2.45, 2.75) is 44.8 Å². The molecule has 3 N–H and O–H groups in total. The van der Waals surface area contributed by atoms with E-state index in [-0.39, 0.29) is 6.03 Å². The normalized spacial score (nSPS) is 16.7. The van der Waals surface area contributed by atoms with Crippen molar-refractivity contribution in [3.63, 3.8) is 0 Å². The molecule has 0 heterocycles. The Morgan fingerprint density at radius 3 is 2.57 bits per heavy atom. The van der Waals surface area contributed by atoms with E-state index in [1.807, 2.05) is 31.2 Å². The molecule has 1 aliphatic carbocycles. The Labute approximate surface area is 125 Å². The van der Waals surface area contributed by atoms with E-state index in [4.69, 9.17) is 4.74 Å². The van der Waals surface area contributed by atoms with E-state index in [0.29, 0.717) is 19.8 Å². The number of carbonyl (C=O) groups excluding carboxylic acids is 1. The molecule has 0 radical (unpaired) electrons. The number of rotatable bonds is 6. The van der Waals surface area contributed by atoms with Crippen LogP contribution in [0.25, 0.3) is 0 Å². The third kappa shape index (κ3) is 5.02. The van der Waals surface area contributed by atoms with Crippen LogP contribution >= 0.6 is 0 Å². The third-order valence-electron chi connectivity index (χ3n) is 3.80. The van der Waals surface area contributed by atoms with Crippen LogP contribution in [0.15, 0.2) is 24.3 Å². The van der Waals surface area contributed by atoms with Gasteiger partial charge in [-0.15, -0.1) is 0 Å². The summed E-state index contributed by atoms with van der Waals surface area (Å²) in [4.78, 5) is 11.8. The van der Waals surface area contributed by atoms with E-state index in [1.54, 1.807) is 0 Å². The number of carbonyl (C=O) groups is 1. The van der Waals surface area contributed by atoms with E-state index in [1.165, 1.54) is 0 Å². The number of urea groups is 1. The molecule has 0 bridgehead atoms. The molecule has 1 aromatic rings. The van der Waals surface area contributed by atoms with Crippen LogP contribution in [0.1, 0.15) is 38.2 Å². The van der Waals surface area contributed by atoms with Gasteiger partial charge in [0.15, 0.2) is 0 Å². The minimum absolute atomic E-state index is 0.284. The monoisotopic (exact) mass is 292 g/mol. The third-order valence-corrected chi connectivity index (χ3v) is 3.80. The van der Waals surface area contributed by atoms with Gasteiger partial charge in [-0.2, -0.15) is 0 Å². The van der Waals surface area contributed by atoms with Crippen LogP contribution in [0.4, 0.5) is 10.5 Å². The van der Waals surface area contributed by atoms with Gasteiger partial charge in [0.05, 0.1) is 12.2 Å². The van der Waals surface area contributed by atoms with Gasteiger partial charge in [0.25, 0.3) is 0 Å². The van der Waals surface area contributed by atoms with Crippen molar-refractivity contribution < 1.29 is 14.6 Å². The number of benzene rings is 1. The highest BCUT2D eigenvalue weighted by molar-refractivity contribution is 5.89. The molecule has 1 saturated carbocycles. The summed E-state index contributed by atoms with van der Waals surface area (Å²) in [6.07, 6.45) is 3.58. The van der Waals surface area contributed by atoms with Gasteiger partial charge in [0, 0.05) is 18.8 Å². The molecule has 21 heavy (non-hydrogen) atoms. The zero-order chi connectivity index (χ0) is 15.1. The highest BCUT2D eigenvalue weighted by Crippen LogP contribution is 2.28. The number of hydrogen-bond acceptors (Lipinski definition) is 3. The van der Waals surface area contributed by atoms with Gasteiger partial charge in [-0.25, -0.2) is 4.79 Å². The predicted octanol–water partition coefficient (Wildman–Crippen LogP) is 2.65. The molecule has 2 rings (SSSR count). The standard InChI is InChI=1S/C16H24N2O3/c1-2-21-11-13-5-7-14(8-6-13)18-15(19)17-12-16(20)9-3-4-10-16/h5-8,20H,2-4,9-12H2,1H3,(H2,17,18,19). The van der Waals surface area contributed by atoms with Crippen molar-refractivity contribution in [2.75, 3.05) is 18.5 Å². The topological polar surface area (TPSA) is 70.6 Å². The molecule has 1 fully saturated rings. The Balaban J connectivity index is 1.76. The first-order valence-corrected chi connectivity index (χ1v) is 7.55. The fourth-order valence-corrected chi connectivity index (χ4v) is 2.53. The van der Waals surface area contributed by atoms with Crippen LogP contribution in [0, 0.1) is 0 Å². The fourth-order valence-electron chi connectivity index (χ4n) is 2.53. The molecule has 0 atom stereocenters. The Bertz CT molecular complexity index is 453. The molecule has 1 aromatic carbocycles. The van der Waals surface area contributed by atoms with E-state index >= 15 is 0 Å². The first-order chi connectivity index (χ1) is 10.1. The van der Waals surface area contributed by atoms with Gasteiger partial charge in [-0.1, -0.05) is 25.0 Å². The number of aliphatic hydroxyl groups is 1. The van der Waals surface area contributed by atoms with Gasteiger partial charge in [0.1, 0.15) is 0 Å². The summed E-state index contributed by atoms with van der Waals surface area (Å²) in [6, 6.07) is 7.26. The second kappa shape index (κ2) is 7.43. The average molecular weight is 292 g/mol.